The van der Waals surface area contributed by atoms with Gasteiger partial charge in [0.15, 0.2) is 0 Å². The van der Waals surface area contributed by atoms with Crippen LogP contribution in [0.15, 0.2) is 48.5 Å². The molecule has 2 aromatic rings. The van der Waals surface area contributed by atoms with Gasteiger partial charge in [-0.2, -0.15) is 0 Å². The number of hydrogen-bond donors (Lipinski definition) is 1. The molecule has 1 aliphatic rings. The van der Waals surface area contributed by atoms with E-state index in [1.54, 1.807) is 18.2 Å². The maximum absolute atomic E-state index is 9.29. The van der Waals surface area contributed by atoms with E-state index in [9.17, 15) is 5.11 Å². The van der Waals surface area contributed by atoms with Crippen molar-refractivity contribution < 1.29 is 9.84 Å². The molecule has 1 heterocycles. The van der Waals surface area contributed by atoms with Crippen molar-refractivity contribution in [2.45, 2.75) is 25.4 Å². The average molecular weight is 394 g/mol. The van der Waals surface area contributed by atoms with Crippen LogP contribution in [0.5, 0.6) is 5.75 Å². The molecular weight excluding hydrogens is 369 g/mol. The predicted molar refractivity (Wildman–Crippen MR) is 107 cm³/mol. The number of ether oxygens (including phenoxy) is 1. The Morgan fingerprint density at radius 2 is 1.81 bits per heavy atom. The Bertz CT molecular complexity index is 688. The number of rotatable bonds is 7. The van der Waals surface area contributed by atoms with Gasteiger partial charge in [-0.1, -0.05) is 53.5 Å². The second-order valence-corrected chi connectivity index (χ2v) is 7.69. The zero-order valence-electron chi connectivity index (χ0n) is 14.8. The molecule has 0 aromatic heterocycles. The second-order valence-electron chi connectivity index (χ2n) is 6.85. The van der Waals surface area contributed by atoms with Gasteiger partial charge in [0.05, 0.1) is 5.02 Å². The highest BCUT2D eigenvalue weighted by Crippen LogP contribution is 2.33. The standard InChI is InChI=1S/C21H25Cl2NO2/c22-18-6-7-19(23)21(14-18)26-20(17-4-2-1-3-5-17)10-13-24-11-8-16(15-25)9-12-24/h1-7,14,16,20,25H,8-13,15H2/t20-/m1/s1. The Labute approximate surface area is 165 Å². The Morgan fingerprint density at radius 3 is 2.50 bits per heavy atom. The van der Waals surface area contributed by atoms with Crippen molar-refractivity contribution in [3.8, 4) is 5.75 Å². The molecule has 1 atom stereocenters. The molecular formula is C21H25Cl2NO2. The first-order chi connectivity index (χ1) is 12.7. The van der Waals surface area contributed by atoms with Crippen LogP contribution in [0.3, 0.4) is 0 Å². The molecule has 1 aliphatic heterocycles. The van der Waals surface area contributed by atoms with Crippen LogP contribution in [-0.2, 0) is 0 Å². The quantitative estimate of drug-likeness (QED) is 0.700. The molecule has 3 nitrogen and oxygen atoms in total. The molecule has 0 saturated carbocycles. The molecule has 0 aliphatic carbocycles. The molecule has 1 fully saturated rings. The summed E-state index contributed by atoms with van der Waals surface area (Å²) in [4.78, 5) is 2.45. The number of piperidine rings is 1. The van der Waals surface area contributed by atoms with Crippen LogP contribution in [-0.4, -0.2) is 36.2 Å². The van der Waals surface area contributed by atoms with Crippen LogP contribution in [0, 0.1) is 5.92 Å². The van der Waals surface area contributed by atoms with E-state index >= 15 is 0 Å². The van der Waals surface area contributed by atoms with Crippen molar-refractivity contribution in [2.24, 2.45) is 5.92 Å². The highest BCUT2D eigenvalue weighted by molar-refractivity contribution is 6.34. The van der Waals surface area contributed by atoms with Gasteiger partial charge >= 0.3 is 0 Å². The number of likely N-dealkylation sites (tertiary alicyclic amines) is 1. The smallest absolute Gasteiger partial charge is 0.140 e. The van der Waals surface area contributed by atoms with Gasteiger partial charge in [0.2, 0.25) is 0 Å². The van der Waals surface area contributed by atoms with Gasteiger partial charge < -0.3 is 14.7 Å². The van der Waals surface area contributed by atoms with Crippen LogP contribution >= 0.6 is 23.2 Å². The summed E-state index contributed by atoms with van der Waals surface area (Å²) < 4.78 is 6.26. The lowest BCUT2D eigenvalue weighted by Gasteiger charge is -2.32. The van der Waals surface area contributed by atoms with Gasteiger partial charge in [-0.05, 0) is 49.5 Å². The lowest BCUT2D eigenvalue weighted by Crippen LogP contribution is -2.36. The number of aliphatic hydroxyl groups excluding tert-OH is 1. The fraction of sp³-hybridized carbons (Fsp3) is 0.429. The Hall–Kier alpha value is -1.26. The third kappa shape index (κ3) is 5.37. The molecule has 0 bridgehead atoms. The van der Waals surface area contributed by atoms with Gasteiger partial charge in [0, 0.05) is 30.7 Å². The maximum Gasteiger partial charge on any atom is 0.140 e. The van der Waals surface area contributed by atoms with Crippen LogP contribution in [0.1, 0.15) is 30.9 Å². The molecule has 1 saturated heterocycles. The number of benzene rings is 2. The fourth-order valence-electron chi connectivity index (χ4n) is 3.37. The Balaban J connectivity index is 1.67. The molecule has 26 heavy (non-hydrogen) atoms. The number of halogens is 2. The topological polar surface area (TPSA) is 32.7 Å². The summed E-state index contributed by atoms with van der Waals surface area (Å²) in [6, 6.07) is 15.5. The molecule has 2 aromatic carbocycles. The normalized spacial score (nSPS) is 17.2. The van der Waals surface area contributed by atoms with Gasteiger partial charge in [0.1, 0.15) is 11.9 Å². The van der Waals surface area contributed by atoms with E-state index in [1.165, 1.54) is 0 Å². The van der Waals surface area contributed by atoms with Crippen molar-refractivity contribution in [3.63, 3.8) is 0 Å². The van der Waals surface area contributed by atoms with E-state index in [0.29, 0.717) is 28.3 Å². The van der Waals surface area contributed by atoms with E-state index in [2.05, 4.69) is 17.0 Å². The Morgan fingerprint density at radius 1 is 1.08 bits per heavy atom. The molecule has 5 heteroatoms. The predicted octanol–water partition coefficient (Wildman–Crippen LogP) is 5.21. The monoisotopic (exact) mass is 393 g/mol. The summed E-state index contributed by atoms with van der Waals surface area (Å²) in [6.45, 7) is 3.32. The van der Waals surface area contributed by atoms with Gasteiger partial charge in [-0.15, -0.1) is 0 Å². The summed E-state index contributed by atoms with van der Waals surface area (Å²) in [6.07, 6.45) is 2.92. The van der Waals surface area contributed by atoms with Crippen molar-refractivity contribution in [1.82, 2.24) is 4.90 Å². The zero-order chi connectivity index (χ0) is 18.4. The minimum atomic E-state index is -0.0808. The molecule has 3 rings (SSSR count). The second kappa shape index (κ2) is 9.61. The summed E-state index contributed by atoms with van der Waals surface area (Å²) in [5.74, 6) is 1.07. The highest BCUT2D eigenvalue weighted by Gasteiger charge is 2.21. The maximum atomic E-state index is 9.29. The summed E-state index contributed by atoms with van der Waals surface area (Å²) >= 11 is 12.4. The molecule has 0 spiro atoms. The van der Waals surface area contributed by atoms with E-state index in [0.717, 1.165) is 44.5 Å². The van der Waals surface area contributed by atoms with Gasteiger partial charge in [-0.25, -0.2) is 0 Å². The van der Waals surface area contributed by atoms with Crippen molar-refractivity contribution >= 4 is 23.2 Å². The summed E-state index contributed by atoms with van der Waals surface area (Å²) in [5.41, 5.74) is 1.13. The SMILES string of the molecule is OCC1CCN(CC[C@@H](Oc2cc(Cl)ccc2Cl)c2ccccc2)CC1. The van der Waals surface area contributed by atoms with E-state index in [4.69, 9.17) is 27.9 Å². The summed E-state index contributed by atoms with van der Waals surface area (Å²) in [5, 5.41) is 10.5. The van der Waals surface area contributed by atoms with Crippen molar-refractivity contribution in [2.75, 3.05) is 26.2 Å². The molecule has 0 unspecified atom stereocenters. The van der Waals surface area contributed by atoms with Gasteiger partial charge in [-0.3, -0.25) is 0 Å². The van der Waals surface area contributed by atoms with Crippen LogP contribution in [0.2, 0.25) is 10.0 Å². The first kappa shape index (κ1) is 19.5. The molecule has 0 radical (unpaired) electrons. The van der Waals surface area contributed by atoms with Gasteiger partial charge in [0.25, 0.3) is 0 Å². The first-order valence-corrected chi connectivity index (χ1v) is 9.91. The lowest BCUT2D eigenvalue weighted by atomic mass is 9.97. The minimum absolute atomic E-state index is 0.0808. The third-order valence-electron chi connectivity index (χ3n) is 5.01. The minimum Gasteiger partial charge on any atom is -0.484 e. The van der Waals surface area contributed by atoms with Crippen LogP contribution in [0.25, 0.3) is 0 Å². The lowest BCUT2D eigenvalue weighted by molar-refractivity contribution is 0.112. The highest BCUT2D eigenvalue weighted by atomic mass is 35.5. The Kier molecular flexibility index (Phi) is 7.21. The number of aliphatic hydroxyl groups is 1. The van der Waals surface area contributed by atoms with E-state index < -0.39 is 0 Å². The molecule has 0 amide bonds. The molecule has 1 N–H and O–H groups in total. The largest absolute Gasteiger partial charge is 0.484 e. The van der Waals surface area contributed by atoms with Crippen LogP contribution < -0.4 is 4.74 Å². The molecule has 140 valence electrons. The van der Waals surface area contributed by atoms with E-state index in [-0.39, 0.29) is 6.10 Å². The van der Waals surface area contributed by atoms with Crippen LogP contribution in [0.4, 0.5) is 0 Å². The van der Waals surface area contributed by atoms with Crippen molar-refractivity contribution in [1.29, 1.82) is 0 Å². The zero-order valence-corrected chi connectivity index (χ0v) is 16.3. The number of nitrogens with zero attached hydrogens (tertiary/aromatic N) is 1. The fourth-order valence-corrected chi connectivity index (χ4v) is 3.70. The third-order valence-corrected chi connectivity index (χ3v) is 5.55. The average Bonchev–Trinajstić information content (AvgIpc) is 2.69. The first-order valence-electron chi connectivity index (χ1n) is 9.15. The van der Waals surface area contributed by atoms with E-state index in [1.807, 2.05) is 18.2 Å². The van der Waals surface area contributed by atoms with Crippen molar-refractivity contribution in [3.05, 3.63) is 64.1 Å². The summed E-state index contributed by atoms with van der Waals surface area (Å²) in [7, 11) is 0. The number of hydrogen-bond acceptors (Lipinski definition) is 3.